The van der Waals surface area contributed by atoms with Crippen LogP contribution in [0.2, 0.25) is 0 Å². The lowest BCUT2D eigenvalue weighted by atomic mass is 10.2. The molecule has 2 rings (SSSR count). The molecule has 0 aliphatic carbocycles. The van der Waals surface area contributed by atoms with Gasteiger partial charge in [-0.15, -0.1) is 6.58 Å². The van der Waals surface area contributed by atoms with Gasteiger partial charge in [-0.3, -0.25) is 4.90 Å². The van der Waals surface area contributed by atoms with Crippen molar-refractivity contribution in [3.63, 3.8) is 0 Å². The Balaban J connectivity index is 1.92. The summed E-state index contributed by atoms with van der Waals surface area (Å²) in [5.41, 5.74) is 1.16. The van der Waals surface area contributed by atoms with Crippen molar-refractivity contribution >= 4 is 10.0 Å². The number of rotatable bonds is 8. The molecule has 0 bridgehead atoms. The zero-order valence-corrected chi connectivity index (χ0v) is 13.5. The van der Waals surface area contributed by atoms with Crippen LogP contribution in [0, 0.1) is 0 Å². The zero-order valence-electron chi connectivity index (χ0n) is 12.7. The minimum atomic E-state index is -3.27. The van der Waals surface area contributed by atoms with E-state index in [0.717, 1.165) is 12.1 Å². The number of aliphatic hydroxyl groups excluding tert-OH is 1. The number of hydrogen-bond donors (Lipinski definition) is 2. The number of nitrogens with zero attached hydrogens (tertiary/aromatic N) is 1. The highest BCUT2D eigenvalue weighted by atomic mass is 32.2. The molecular weight excluding hydrogens is 300 g/mol. The molecule has 2 N–H and O–H groups in total. The van der Waals surface area contributed by atoms with E-state index in [4.69, 9.17) is 0 Å². The van der Waals surface area contributed by atoms with Crippen molar-refractivity contribution in [3.8, 4) is 0 Å². The van der Waals surface area contributed by atoms with Crippen molar-refractivity contribution < 1.29 is 13.5 Å². The molecule has 22 heavy (non-hydrogen) atoms. The third-order valence-electron chi connectivity index (χ3n) is 3.86. The molecule has 1 aromatic rings. The van der Waals surface area contributed by atoms with Gasteiger partial charge in [-0.05, 0) is 18.4 Å². The number of hydrogen-bond acceptors (Lipinski definition) is 4. The Labute approximate surface area is 132 Å². The van der Waals surface area contributed by atoms with Crippen molar-refractivity contribution in [1.29, 1.82) is 0 Å². The number of β-amino-alcohol motifs (C(OH)–C–C–N with tert-alkyl or cyclic N) is 1. The minimum absolute atomic E-state index is 0.0220. The van der Waals surface area contributed by atoms with E-state index in [1.165, 1.54) is 0 Å². The van der Waals surface area contributed by atoms with E-state index in [-0.39, 0.29) is 11.8 Å². The Hall–Kier alpha value is -1.21. The molecule has 1 aromatic carbocycles. The molecule has 5 nitrogen and oxygen atoms in total. The summed E-state index contributed by atoms with van der Waals surface area (Å²) in [7, 11) is -3.27. The normalized spacial score (nSPS) is 22.8. The van der Waals surface area contributed by atoms with Gasteiger partial charge < -0.3 is 5.11 Å². The van der Waals surface area contributed by atoms with E-state index >= 15 is 0 Å². The molecule has 0 saturated carbocycles. The van der Waals surface area contributed by atoms with Crippen molar-refractivity contribution in [1.82, 2.24) is 9.62 Å². The Morgan fingerprint density at radius 1 is 1.36 bits per heavy atom. The van der Waals surface area contributed by atoms with Crippen LogP contribution < -0.4 is 4.72 Å². The van der Waals surface area contributed by atoms with Gasteiger partial charge in [-0.25, -0.2) is 13.1 Å². The standard InChI is InChI=1S/C16H24N2O3S/c1-2-3-9-22(20,21)17-11-15-10-16(19)13-18(15)12-14-7-5-4-6-8-14/h2,4-8,15-17,19H,1,3,9-13H2. The first-order chi connectivity index (χ1) is 10.5. The first-order valence-electron chi connectivity index (χ1n) is 7.54. The van der Waals surface area contributed by atoms with Crippen LogP contribution in [0.15, 0.2) is 43.0 Å². The average molecular weight is 324 g/mol. The predicted octanol–water partition coefficient (Wildman–Crippen LogP) is 1.12. The van der Waals surface area contributed by atoms with E-state index < -0.39 is 16.1 Å². The summed E-state index contributed by atoms with van der Waals surface area (Å²) in [5, 5.41) is 9.89. The quantitative estimate of drug-likeness (QED) is 0.703. The summed E-state index contributed by atoms with van der Waals surface area (Å²) in [6, 6.07) is 10.0. The molecule has 0 radical (unpaired) electrons. The van der Waals surface area contributed by atoms with Gasteiger partial charge in [0.15, 0.2) is 0 Å². The van der Waals surface area contributed by atoms with Crippen LogP contribution in [-0.2, 0) is 16.6 Å². The third-order valence-corrected chi connectivity index (χ3v) is 5.24. The summed E-state index contributed by atoms with van der Waals surface area (Å²) >= 11 is 0. The number of benzene rings is 1. The van der Waals surface area contributed by atoms with Gasteiger partial charge >= 0.3 is 0 Å². The van der Waals surface area contributed by atoms with Gasteiger partial charge in [0.05, 0.1) is 11.9 Å². The number of aliphatic hydroxyl groups is 1. The molecule has 2 atom stereocenters. The van der Waals surface area contributed by atoms with Crippen molar-refractivity contribution in [2.24, 2.45) is 0 Å². The molecule has 0 spiro atoms. The highest BCUT2D eigenvalue weighted by Gasteiger charge is 2.31. The number of nitrogens with one attached hydrogen (secondary N) is 1. The molecular formula is C16H24N2O3S. The monoisotopic (exact) mass is 324 g/mol. The fraction of sp³-hybridized carbons (Fsp3) is 0.500. The summed E-state index contributed by atoms with van der Waals surface area (Å²) in [4.78, 5) is 2.13. The summed E-state index contributed by atoms with van der Waals surface area (Å²) in [5.74, 6) is 0.0600. The van der Waals surface area contributed by atoms with E-state index in [2.05, 4.69) is 16.2 Å². The maximum atomic E-state index is 11.9. The van der Waals surface area contributed by atoms with E-state index in [1.807, 2.05) is 30.3 Å². The van der Waals surface area contributed by atoms with Crippen LogP contribution >= 0.6 is 0 Å². The fourth-order valence-corrected chi connectivity index (χ4v) is 3.78. The maximum absolute atomic E-state index is 11.9. The van der Waals surface area contributed by atoms with Crippen LogP contribution in [0.25, 0.3) is 0 Å². The van der Waals surface area contributed by atoms with Crippen LogP contribution in [0.3, 0.4) is 0 Å². The predicted molar refractivity (Wildman–Crippen MR) is 87.9 cm³/mol. The number of sulfonamides is 1. The zero-order chi connectivity index (χ0) is 16.0. The summed E-state index contributed by atoms with van der Waals surface area (Å²) in [6.45, 7) is 5.17. The van der Waals surface area contributed by atoms with Gasteiger partial charge in [0.1, 0.15) is 0 Å². The van der Waals surface area contributed by atoms with Crippen LogP contribution in [0.4, 0.5) is 0 Å². The molecule has 1 saturated heterocycles. The van der Waals surface area contributed by atoms with Gasteiger partial charge in [-0.1, -0.05) is 36.4 Å². The first-order valence-corrected chi connectivity index (χ1v) is 9.19. The topological polar surface area (TPSA) is 69.6 Å². The summed E-state index contributed by atoms with van der Waals surface area (Å²) < 4.78 is 26.3. The Bertz CT molecular complexity index is 574. The molecule has 122 valence electrons. The van der Waals surface area contributed by atoms with Gasteiger partial charge in [0.25, 0.3) is 0 Å². The molecule has 1 heterocycles. The minimum Gasteiger partial charge on any atom is -0.392 e. The maximum Gasteiger partial charge on any atom is 0.211 e. The SMILES string of the molecule is C=CCCS(=O)(=O)NCC1CC(O)CN1Cc1ccccc1. The molecule has 0 aromatic heterocycles. The van der Waals surface area contributed by atoms with Crippen molar-refractivity contribution in [2.75, 3.05) is 18.8 Å². The molecule has 1 aliphatic rings. The first kappa shape index (κ1) is 17.1. The lowest BCUT2D eigenvalue weighted by Gasteiger charge is -2.24. The fourth-order valence-electron chi connectivity index (χ4n) is 2.72. The van der Waals surface area contributed by atoms with Gasteiger partial charge in [0, 0.05) is 25.7 Å². The lowest BCUT2D eigenvalue weighted by molar-refractivity contribution is 0.172. The highest BCUT2D eigenvalue weighted by molar-refractivity contribution is 7.89. The Kier molecular flexibility index (Phi) is 6.14. The van der Waals surface area contributed by atoms with Gasteiger partial charge in [0.2, 0.25) is 10.0 Å². The molecule has 1 aliphatic heterocycles. The van der Waals surface area contributed by atoms with Crippen molar-refractivity contribution in [3.05, 3.63) is 48.6 Å². The van der Waals surface area contributed by atoms with Crippen LogP contribution in [0.5, 0.6) is 0 Å². The second-order valence-electron chi connectivity index (χ2n) is 5.70. The summed E-state index contributed by atoms with van der Waals surface area (Å²) in [6.07, 6.45) is 2.24. The Morgan fingerprint density at radius 2 is 2.09 bits per heavy atom. The largest absolute Gasteiger partial charge is 0.392 e. The van der Waals surface area contributed by atoms with E-state index in [0.29, 0.717) is 25.9 Å². The van der Waals surface area contributed by atoms with Crippen LogP contribution in [-0.4, -0.2) is 49.4 Å². The molecule has 0 amide bonds. The third kappa shape index (κ3) is 5.21. The van der Waals surface area contributed by atoms with Gasteiger partial charge in [-0.2, -0.15) is 0 Å². The van der Waals surface area contributed by atoms with Crippen molar-refractivity contribution in [2.45, 2.75) is 31.5 Å². The highest BCUT2D eigenvalue weighted by Crippen LogP contribution is 2.20. The second-order valence-corrected chi connectivity index (χ2v) is 7.63. The molecule has 6 heteroatoms. The number of allylic oxidation sites excluding steroid dienone is 1. The second kappa shape index (κ2) is 7.87. The Morgan fingerprint density at radius 3 is 2.77 bits per heavy atom. The van der Waals surface area contributed by atoms with E-state index in [1.54, 1.807) is 6.08 Å². The molecule has 2 unspecified atom stereocenters. The molecule has 1 fully saturated rings. The smallest absolute Gasteiger partial charge is 0.211 e. The van der Waals surface area contributed by atoms with E-state index in [9.17, 15) is 13.5 Å². The average Bonchev–Trinajstić information content (AvgIpc) is 2.84. The number of likely N-dealkylation sites (tertiary alicyclic amines) is 1. The van der Waals surface area contributed by atoms with Crippen LogP contribution in [0.1, 0.15) is 18.4 Å². The lowest BCUT2D eigenvalue weighted by Crippen LogP contribution is -2.40.